The van der Waals surface area contributed by atoms with Crippen molar-refractivity contribution < 1.29 is 23.7 Å². The highest BCUT2D eigenvalue weighted by Gasteiger charge is 2.25. The molecular weight excluding hydrogens is 386 g/mol. The standard InChI is InChI=1S/C22H37N3O5/c1-6-23-22(25-12-10-17(15-25)16-30-14-13-26-2)24-11-9-18-7-8-19(27-3)21(29-5)20(18)28-4/h7-8,17H,6,9-16H2,1-5H3,(H,23,24). The fraction of sp³-hybridized carbons (Fsp3) is 0.682. The maximum Gasteiger partial charge on any atom is 0.203 e. The SMILES string of the molecule is CCNC(=NCCc1ccc(OC)c(OC)c1OC)N1CCC(COCCOC)C1. The van der Waals surface area contributed by atoms with E-state index >= 15 is 0 Å². The van der Waals surface area contributed by atoms with Crippen LogP contribution in [0, 0.1) is 5.92 Å². The summed E-state index contributed by atoms with van der Waals surface area (Å²) in [6.07, 6.45) is 1.86. The van der Waals surface area contributed by atoms with Gasteiger partial charge in [-0.2, -0.15) is 0 Å². The van der Waals surface area contributed by atoms with Crippen molar-refractivity contribution in [1.29, 1.82) is 0 Å². The molecule has 0 aromatic heterocycles. The summed E-state index contributed by atoms with van der Waals surface area (Å²) in [6.45, 7) is 7.58. The molecule has 0 radical (unpaired) electrons. The highest BCUT2D eigenvalue weighted by molar-refractivity contribution is 5.80. The fourth-order valence-electron chi connectivity index (χ4n) is 3.62. The Morgan fingerprint density at radius 2 is 1.90 bits per heavy atom. The lowest BCUT2D eigenvalue weighted by molar-refractivity contribution is 0.0536. The maximum atomic E-state index is 5.70. The smallest absolute Gasteiger partial charge is 0.203 e. The molecule has 0 amide bonds. The zero-order valence-corrected chi connectivity index (χ0v) is 19.0. The summed E-state index contributed by atoms with van der Waals surface area (Å²) in [7, 11) is 6.58. The van der Waals surface area contributed by atoms with Crippen molar-refractivity contribution in [2.45, 2.75) is 19.8 Å². The Bertz CT molecular complexity index is 668. The quantitative estimate of drug-likeness (QED) is 0.314. The Hall–Kier alpha value is -2.19. The van der Waals surface area contributed by atoms with Crippen LogP contribution in [0.1, 0.15) is 18.9 Å². The number of nitrogens with one attached hydrogen (secondary N) is 1. The zero-order valence-electron chi connectivity index (χ0n) is 19.0. The van der Waals surface area contributed by atoms with Crippen LogP contribution in [0.5, 0.6) is 17.2 Å². The van der Waals surface area contributed by atoms with Gasteiger partial charge in [0.05, 0.1) is 41.2 Å². The van der Waals surface area contributed by atoms with Crippen LogP contribution in [-0.4, -0.2) is 85.3 Å². The number of ether oxygens (including phenoxy) is 5. The van der Waals surface area contributed by atoms with Crippen LogP contribution in [-0.2, 0) is 15.9 Å². The largest absolute Gasteiger partial charge is 0.493 e. The summed E-state index contributed by atoms with van der Waals surface area (Å²) in [5.74, 6) is 3.45. The van der Waals surface area contributed by atoms with Crippen LogP contribution in [0.15, 0.2) is 17.1 Å². The van der Waals surface area contributed by atoms with Crippen molar-refractivity contribution in [2.24, 2.45) is 10.9 Å². The summed E-state index contributed by atoms with van der Waals surface area (Å²) in [5.41, 5.74) is 1.04. The zero-order chi connectivity index (χ0) is 21.8. The van der Waals surface area contributed by atoms with Gasteiger partial charge in [0.25, 0.3) is 0 Å². The number of likely N-dealkylation sites (tertiary alicyclic amines) is 1. The Kier molecular flexibility index (Phi) is 10.6. The molecule has 1 fully saturated rings. The molecule has 0 saturated carbocycles. The molecule has 1 aromatic rings. The maximum absolute atomic E-state index is 5.70. The highest BCUT2D eigenvalue weighted by Crippen LogP contribution is 2.39. The third-order valence-electron chi connectivity index (χ3n) is 5.13. The predicted octanol–water partition coefficient (Wildman–Crippen LogP) is 2.21. The van der Waals surface area contributed by atoms with Crippen molar-refractivity contribution in [3.8, 4) is 17.2 Å². The average molecular weight is 424 g/mol. The van der Waals surface area contributed by atoms with E-state index in [4.69, 9.17) is 28.7 Å². The van der Waals surface area contributed by atoms with Gasteiger partial charge in [0.1, 0.15) is 0 Å². The molecular formula is C22H37N3O5. The van der Waals surface area contributed by atoms with Crippen molar-refractivity contribution in [1.82, 2.24) is 10.2 Å². The van der Waals surface area contributed by atoms with Gasteiger partial charge >= 0.3 is 0 Å². The van der Waals surface area contributed by atoms with Gasteiger partial charge in [0.2, 0.25) is 5.75 Å². The molecule has 1 saturated heterocycles. The normalized spacial score (nSPS) is 16.6. The van der Waals surface area contributed by atoms with Crippen LogP contribution in [0.4, 0.5) is 0 Å². The summed E-state index contributed by atoms with van der Waals surface area (Å²) in [4.78, 5) is 7.17. The second-order valence-electron chi connectivity index (χ2n) is 7.15. The second kappa shape index (κ2) is 13.2. The molecule has 0 aliphatic carbocycles. The van der Waals surface area contributed by atoms with Crippen LogP contribution in [0.2, 0.25) is 0 Å². The van der Waals surface area contributed by atoms with E-state index in [9.17, 15) is 0 Å². The summed E-state index contributed by atoms with van der Waals surface area (Å²) >= 11 is 0. The molecule has 1 aliphatic rings. The molecule has 0 bridgehead atoms. The van der Waals surface area contributed by atoms with E-state index in [0.29, 0.717) is 42.9 Å². The average Bonchev–Trinajstić information content (AvgIpc) is 3.24. The van der Waals surface area contributed by atoms with E-state index in [0.717, 1.165) is 50.6 Å². The molecule has 1 aliphatic heterocycles. The molecule has 30 heavy (non-hydrogen) atoms. The molecule has 1 heterocycles. The number of hydrogen-bond donors (Lipinski definition) is 1. The topological polar surface area (TPSA) is 73.8 Å². The monoisotopic (exact) mass is 423 g/mol. The number of guanidine groups is 1. The van der Waals surface area contributed by atoms with Crippen LogP contribution in [0.3, 0.4) is 0 Å². The number of hydrogen-bond acceptors (Lipinski definition) is 6. The summed E-state index contributed by atoms with van der Waals surface area (Å²) < 4.78 is 27.2. The van der Waals surface area contributed by atoms with E-state index in [1.807, 2.05) is 12.1 Å². The van der Waals surface area contributed by atoms with Crippen LogP contribution >= 0.6 is 0 Å². The first-order chi connectivity index (χ1) is 14.7. The van der Waals surface area contributed by atoms with E-state index in [1.54, 1.807) is 28.4 Å². The van der Waals surface area contributed by atoms with Gasteiger partial charge in [-0.1, -0.05) is 6.07 Å². The lowest BCUT2D eigenvalue weighted by Gasteiger charge is -2.22. The van der Waals surface area contributed by atoms with Crippen molar-refractivity contribution in [3.05, 3.63) is 17.7 Å². The number of rotatable bonds is 12. The fourth-order valence-corrected chi connectivity index (χ4v) is 3.62. The minimum atomic E-state index is 0.525. The number of benzene rings is 1. The van der Waals surface area contributed by atoms with Crippen molar-refractivity contribution in [2.75, 3.05) is 74.4 Å². The highest BCUT2D eigenvalue weighted by atomic mass is 16.5. The van der Waals surface area contributed by atoms with Gasteiger partial charge in [0, 0.05) is 44.8 Å². The van der Waals surface area contributed by atoms with E-state index in [1.165, 1.54) is 0 Å². The molecule has 1 aromatic carbocycles. The summed E-state index contributed by atoms with van der Waals surface area (Å²) in [5, 5.41) is 3.42. The van der Waals surface area contributed by atoms with Gasteiger partial charge in [-0.25, -0.2) is 0 Å². The Morgan fingerprint density at radius 1 is 1.10 bits per heavy atom. The Labute approximate surface area is 180 Å². The first-order valence-corrected chi connectivity index (χ1v) is 10.6. The van der Waals surface area contributed by atoms with Crippen molar-refractivity contribution in [3.63, 3.8) is 0 Å². The Balaban J connectivity index is 1.97. The van der Waals surface area contributed by atoms with Gasteiger partial charge in [-0.15, -0.1) is 0 Å². The predicted molar refractivity (Wildman–Crippen MR) is 118 cm³/mol. The first kappa shape index (κ1) is 24.1. The molecule has 8 heteroatoms. The lowest BCUT2D eigenvalue weighted by Crippen LogP contribution is -2.40. The van der Waals surface area contributed by atoms with Crippen LogP contribution in [0.25, 0.3) is 0 Å². The minimum absolute atomic E-state index is 0.525. The molecule has 8 nitrogen and oxygen atoms in total. The van der Waals surface area contributed by atoms with Gasteiger partial charge in [0.15, 0.2) is 17.5 Å². The van der Waals surface area contributed by atoms with Gasteiger partial charge in [-0.05, 0) is 25.8 Å². The minimum Gasteiger partial charge on any atom is -0.493 e. The number of aliphatic imine (C=N–C) groups is 1. The summed E-state index contributed by atoms with van der Waals surface area (Å²) in [6, 6.07) is 3.91. The van der Waals surface area contributed by atoms with Crippen LogP contribution < -0.4 is 19.5 Å². The van der Waals surface area contributed by atoms with E-state index < -0.39 is 0 Å². The lowest BCUT2D eigenvalue weighted by atomic mass is 10.1. The third kappa shape index (κ3) is 6.67. The molecule has 0 spiro atoms. The van der Waals surface area contributed by atoms with Crippen molar-refractivity contribution >= 4 is 5.96 Å². The van der Waals surface area contributed by atoms with E-state index in [-0.39, 0.29) is 0 Å². The first-order valence-electron chi connectivity index (χ1n) is 10.6. The molecule has 1 unspecified atom stereocenters. The molecule has 2 rings (SSSR count). The van der Waals surface area contributed by atoms with Gasteiger partial charge < -0.3 is 33.9 Å². The number of nitrogens with zero attached hydrogens (tertiary/aromatic N) is 2. The Morgan fingerprint density at radius 3 is 2.57 bits per heavy atom. The number of methoxy groups -OCH3 is 4. The third-order valence-corrected chi connectivity index (χ3v) is 5.13. The molecule has 1 atom stereocenters. The second-order valence-corrected chi connectivity index (χ2v) is 7.15. The molecule has 1 N–H and O–H groups in total. The van der Waals surface area contributed by atoms with Gasteiger partial charge in [-0.3, -0.25) is 4.99 Å². The van der Waals surface area contributed by atoms with E-state index in [2.05, 4.69) is 17.1 Å². The molecule has 170 valence electrons.